The third-order valence-corrected chi connectivity index (χ3v) is 4.75. The lowest BCUT2D eigenvalue weighted by atomic mass is 10.0. The van der Waals surface area contributed by atoms with Crippen LogP contribution in [-0.2, 0) is 12.7 Å². The van der Waals surface area contributed by atoms with E-state index in [0.29, 0.717) is 13.1 Å². The molecule has 3 rings (SSSR count). The average Bonchev–Trinajstić information content (AvgIpc) is 2.66. The summed E-state index contributed by atoms with van der Waals surface area (Å²) in [6.45, 7) is 3.04. The van der Waals surface area contributed by atoms with Crippen LogP contribution in [-0.4, -0.2) is 32.7 Å². The number of thiocarbonyl (C=S) groups is 1. The quantitative estimate of drug-likeness (QED) is 0.744. The lowest BCUT2D eigenvalue weighted by Gasteiger charge is -2.34. The number of halogens is 3. The lowest BCUT2D eigenvalue weighted by molar-refractivity contribution is -0.141. The second-order valence-corrected chi connectivity index (χ2v) is 7.05. The van der Waals surface area contributed by atoms with Crippen molar-refractivity contribution in [3.8, 4) is 0 Å². The van der Waals surface area contributed by atoms with Crippen LogP contribution >= 0.6 is 12.2 Å². The van der Waals surface area contributed by atoms with Crippen LogP contribution in [0, 0.1) is 0 Å². The number of pyridine rings is 1. The Balaban J connectivity index is 1.77. The smallest absolute Gasteiger partial charge is 0.358 e. The molecule has 1 saturated heterocycles. The first kappa shape index (κ1) is 20.2. The molecule has 6 nitrogen and oxygen atoms in total. The van der Waals surface area contributed by atoms with Crippen molar-refractivity contribution in [3.63, 3.8) is 0 Å². The van der Waals surface area contributed by atoms with Crippen molar-refractivity contribution in [1.82, 2.24) is 20.3 Å². The minimum absolute atomic E-state index is 0.119. The van der Waals surface area contributed by atoms with E-state index in [2.05, 4.69) is 25.6 Å². The molecule has 0 unspecified atom stereocenters. The Labute approximate surface area is 166 Å². The molecule has 2 aromatic heterocycles. The van der Waals surface area contributed by atoms with E-state index in [-0.39, 0.29) is 22.9 Å². The highest BCUT2D eigenvalue weighted by Gasteiger charge is 2.35. The number of nitrogens with zero attached hydrogens (tertiary/aromatic N) is 4. The zero-order valence-electron chi connectivity index (χ0n) is 15.3. The van der Waals surface area contributed by atoms with Gasteiger partial charge in [-0.2, -0.15) is 18.2 Å². The maximum atomic E-state index is 13.3. The molecule has 0 amide bonds. The van der Waals surface area contributed by atoms with Crippen LogP contribution in [0.15, 0.2) is 30.6 Å². The van der Waals surface area contributed by atoms with Gasteiger partial charge in [-0.1, -0.05) is 6.07 Å². The van der Waals surface area contributed by atoms with Gasteiger partial charge in [0, 0.05) is 37.6 Å². The summed E-state index contributed by atoms with van der Waals surface area (Å²) >= 11 is 5.18. The van der Waals surface area contributed by atoms with Crippen molar-refractivity contribution >= 4 is 29.1 Å². The average molecular weight is 410 g/mol. The van der Waals surface area contributed by atoms with Crippen LogP contribution in [0.5, 0.6) is 0 Å². The van der Waals surface area contributed by atoms with Gasteiger partial charge in [0.1, 0.15) is 5.82 Å². The second kappa shape index (κ2) is 8.68. The second-order valence-electron chi connectivity index (χ2n) is 6.64. The predicted octanol–water partition coefficient (Wildman–Crippen LogP) is 3.76. The van der Waals surface area contributed by atoms with Crippen LogP contribution in [0.2, 0.25) is 0 Å². The molecule has 0 saturated carbocycles. The summed E-state index contributed by atoms with van der Waals surface area (Å²) in [7, 11) is 0. The standard InChI is InChI=1S/C18H21F3N6S/c1-12-5-2-3-8-27(12)15-9-14(18(19,20)21)24-16(25-15)26-17(28)23-11-13-6-4-7-22-10-13/h4,6-7,9-10,12H,2-3,5,8,11H2,1H3,(H2,23,24,25,26,28)/t12-/m0/s1. The summed E-state index contributed by atoms with van der Waals surface area (Å²) in [6.07, 6.45) is 1.65. The minimum Gasteiger partial charge on any atom is -0.358 e. The monoisotopic (exact) mass is 410 g/mol. The van der Waals surface area contributed by atoms with Crippen LogP contribution in [0.1, 0.15) is 37.4 Å². The highest BCUT2D eigenvalue weighted by atomic mass is 32.1. The fraction of sp³-hybridized carbons (Fsp3) is 0.444. The molecule has 10 heteroatoms. The van der Waals surface area contributed by atoms with Gasteiger partial charge in [0.25, 0.3) is 0 Å². The molecule has 1 atom stereocenters. The first-order chi connectivity index (χ1) is 13.3. The first-order valence-electron chi connectivity index (χ1n) is 8.99. The molecular weight excluding hydrogens is 389 g/mol. The minimum atomic E-state index is -4.57. The summed E-state index contributed by atoms with van der Waals surface area (Å²) in [5, 5.41) is 5.73. The molecule has 0 bridgehead atoms. The molecule has 2 N–H and O–H groups in total. The Morgan fingerprint density at radius 1 is 1.32 bits per heavy atom. The van der Waals surface area contributed by atoms with Crippen LogP contribution in [0.3, 0.4) is 0 Å². The van der Waals surface area contributed by atoms with E-state index in [0.717, 1.165) is 30.9 Å². The van der Waals surface area contributed by atoms with Crippen molar-refractivity contribution in [3.05, 3.63) is 41.9 Å². The van der Waals surface area contributed by atoms with E-state index in [9.17, 15) is 13.2 Å². The molecule has 0 aromatic carbocycles. The van der Waals surface area contributed by atoms with Crippen LogP contribution in [0.25, 0.3) is 0 Å². The lowest BCUT2D eigenvalue weighted by Crippen LogP contribution is -2.38. The number of aromatic nitrogens is 3. The number of anilines is 2. The largest absolute Gasteiger partial charge is 0.433 e. The maximum Gasteiger partial charge on any atom is 0.433 e. The Kier molecular flexibility index (Phi) is 6.28. The van der Waals surface area contributed by atoms with Gasteiger partial charge in [0.2, 0.25) is 5.95 Å². The Hall–Kier alpha value is -2.49. The Bertz CT molecular complexity index is 815. The van der Waals surface area contributed by atoms with E-state index in [1.54, 1.807) is 18.5 Å². The Morgan fingerprint density at radius 2 is 2.14 bits per heavy atom. The van der Waals surface area contributed by atoms with Gasteiger partial charge in [-0.05, 0) is 50.0 Å². The summed E-state index contributed by atoms with van der Waals surface area (Å²) < 4.78 is 40.0. The molecule has 1 aliphatic heterocycles. The van der Waals surface area contributed by atoms with Crippen LogP contribution < -0.4 is 15.5 Å². The molecule has 2 aromatic rings. The van der Waals surface area contributed by atoms with E-state index in [1.165, 1.54) is 0 Å². The molecule has 3 heterocycles. The van der Waals surface area contributed by atoms with Gasteiger partial charge in [0.15, 0.2) is 10.8 Å². The zero-order valence-corrected chi connectivity index (χ0v) is 16.1. The van der Waals surface area contributed by atoms with Gasteiger partial charge in [-0.3, -0.25) is 4.98 Å². The highest BCUT2D eigenvalue weighted by molar-refractivity contribution is 7.80. The molecular formula is C18H21F3N6S. The number of hydrogen-bond donors (Lipinski definition) is 2. The molecule has 0 aliphatic carbocycles. The van der Waals surface area contributed by atoms with Crippen molar-refractivity contribution in [2.45, 2.75) is 44.9 Å². The predicted molar refractivity (Wildman–Crippen MR) is 105 cm³/mol. The summed E-state index contributed by atoms with van der Waals surface area (Å²) in [5.41, 5.74) is -0.104. The third-order valence-electron chi connectivity index (χ3n) is 4.50. The fourth-order valence-corrected chi connectivity index (χ4v) is 3.22. The third kappa shape index (κ3) is 5.28. The fourth-order valence-electron chi connectivity index (χ4n) is 3.05. The summed E-state index contributed by atoms with van der Waals surface area (Å²) in [6, 6.07) is 4.77. The van der Waals surface area contributed by atoms with Crippen molar-refractivity contribution in [2.24, 2.45) is 0 Å². The molecule has 0 spiro atoms. The van der Waals surface area contributed by atoms with E-state index < -0.39 is 11.9 Å². The van der Waals surface area contributed by atoms with Crippen molar-refractivity contribution in [1.29, 1.82) is 0 Å². The van der Waals surface area contributed by atoms with Gasteiger partial charge < -0.3 is 15.5 Å². The number of piperidine rings is 1. The molecule has 1 aliphatic rings. The molecule has 150 valence electrons. The SMILES string of the molecule is C[C@H]1CCCCN1c1cc(C(F)(F)F)nc(NC(=S)NCc2cccnc2)n1. The van der Waals surface area contributed by atoms with Gasteiger partial charge in [-0.15, -0.1) is 0 Å². The molecule has 28 heavy (non-hydrogen) atoms. The molecule has 0 radical (unpaired) electrons. The van der Waals surface area contributed by atoms with Gasteiger partial charge >= 0.3 is 6.18 Å². The van der Waals surface area contributed by atoms with Crippen molar-refractivity contribution in [2.75, 3.05) is 16.8 Å². The van der Waals surface area contributed by atoms with Crippen LogP contribution in [0.4, 0.5) is 24.9 Å². The van der Waals surface area contributed by atoms with E-state index in [4.69, 9.17) is 12.2 Å². The number of nitrogens with one attached hydrogen (secondary N) is 2. The van der Waals surface area contributed by atoms with Gasteiger partial charge in [0.05, 0.1) is 0 Å². The highest BCUT2D eigenvalue weighted by Crippen LogP contribution is 2.32. The normalized spacial score (nSPS) is 17.3. The first-order valence-corrected chi connectivity index (χ1v) is 9.40. The summed E-state index contributed by atoms with van der Waals surface area (Å²) in [5.74, 6) is 0.0818. The topological polar surface area (TPSA) is 66.0 Å². The number of alkyl halides is 3. The maximum absolute atomic E-state index is 13.3. The zero-order chi connectivity index (χ0) is 20.1. The molecule has 1 fully saturated rings. The van der Waals surface area contributed by atoms with E-state index in [1.807, 2.05) is 17.9 Å². The van der Waals surface area contributed by atoms with E-state index >= 15 is 0 Å². The van der Waals surface area contributed by atoms with Gasteiger partial charge in [-0.25, -0.2) is 4.98 Å². The summed E-state index contributed by atoms with van der Waals surface area (Å²) in [4.78, 5) is 13.8. The number of rotatable bonds is 4. The Morgan fingerprint density at radius 3 is 2.82 bits per heavy atom. The van der Waals surface area contributed by atoms with Crippen molar-refractivity contribution < 1.29 is 13.2 Å². The number of hydrogen-bond acceptors (Lipinski definition) is 5.